The van der Waals surface area contributed by atoms with E-state index in [2.05, 4.69) is 21.0 Å². The second kappa shape index (κ2) is 6.63. The first-order chi connectivity index (χ1) is 10.6. The molecule has 0 bridgehead atoms. The zero-order valence-electron chi connectivity index (χ0n) is 14.4. The van der Waals surface area contributed by atoms with Crippen LogP contribution in [0.4, 0.5) is 4.79 Å². The van der Waals surface area contributed by atoms with Gasteiger partial charge in [-0.2, -0.15) is 5.10 Å². The van der Waals surface area contributed by atoms with Crippen molar-refractivity contribution in [1.29, 1.82) is 0 Å². The molecule has 1 aliphatic heterocycles. The first kappa shape index (κ1) is 18.0. The monoisotopic (exact) mass is 385 g/mol. The van der Waals surface area contributed by atoms with Gasteiger partial charge in [-0.25, -0.2) is 4.79 Å². The van der Waals surface area contributed by atoms with Crippen molar-refractivity contribution in [3.05, 3.63) is 15.9 Å². The summed E-state index contributed by atoms with van der Waals surface area (Å²) in [5.41, 5.74) is 1.34. The predicted octanol–water partition coefficient (Wildman–Crippen LogP) is 2.86. The van der Waals surface area contributed by atoms with Gasteiger partial charge in [0.05, 0.1) is 15.9 Å². The van der Waals surface area contributed by atoms with Crippen molar-refractivity contribution in [3.8, 4) is 0 Å². The number of likely N-dealkylation sites (tertiary alicyclic amines) is 1. The van der Waals surface area contributed by atoms with Gasteiger partial charge in [-0.3, -0.25) is 9.48 Å². The van der Waals surface area contributed by atoms with Crippen LogP contribution in [0.15, 0.2) is 4.47 Å². The number of aryl methyl sites for hydroxylation is 2. The number of hydrogen-bond donors (Lipinski definition) is 0. The van der Waals surface area contributed by atoms with Gasteiger partial charge in [0.2, 0.25) is 0 Å². The summed E-state index contributed by atoms with van der Waals surface area (Å²) in [6, 6.07) is 0. The van der Waals surface area contributed by atoms with Gasteiger partial charge in [-0.05, 0) is 43.6 Å². The number of halogens is 1. The highest BCUT2D eigenvalue weighted by molar-refractivity contribution is 9.10. The zero-order valence-corrected chi connectivity index (χ0v) is 15.9. The lowest BCUT2D eigenvalue weighted by atomic mass is 9.92. The van der Waals surface area contributed by atoms with Crippen LogP contribution in [0.5, 0.6) is 0 Å². The SMILES string of the molecule is Cc1nn(C)c(CC2CN(C(=O)OC(C)(C)C)CCC2=O)c1Br. The Hall–Kier alpha value is -1.37. The molecule has 0 aliphatic carbocycles. The van der Waals surface area contributed by atoms with Crippen molar-refractivity contribution >= 4 is 27.8 Å². The molecule has 1 atom stereocenters. The molecule has 0 saturated carbocycles. The van der Waals surface area contributed by atoms with Crippen LogP contribution >= 0.6 is 15.9 Å². The molecule has 0 spiro atoms. The molecule has 1 aromatic rings. The number of hydrogen-bond acceptors (Lipinski definition) is 4. The lowest BCUT2D eigenvalue weighted by Gasteiger charge is -2.33. The van der Waals surface area contributed by atoms with Crippen LogP contribution in [0, 0.1) is 12.8 Å². The van der Waals surface area contributed by atoms with Gasteiger partial charge >= 0.3 is 6.09 Å². The summed E-state index contributed by atoms with van der Waals surface area (Å²) in [4.78, 5) is 26.1. The molecule has 23 heavy (non-hydrogen) atoms. The van der Waals surface area contributed by atoms with Crippen molar-refractivity contribution in [1.82, 2.24) is 14.7 Å². The minimum absolute atomic E-state index is 0.190. The van der Waals surface area contributed by atoms with Crippen LogP contribution in [0.1, 0.15) is 38.6 Å². The summed E-state index contributed by atoms with van der Waals surface area (Å²) in [7, 11) is 1.87. The molecule has 0 radical (unpaired) electrons. The molecule has 1 saturated heterocycles. The third-order valence-electron chi connectivity index (χ3n) is 3.88. The molecule has 2 heterocycles. The van der Waals surface area contributed by atoms with E-state index in [9.17, 15) is 9.59 Å². The van der Waals surface area contributed by atoms with Gasteiger partial charge in [0, 0.05) is 38.9 Å². The average Bonchev–Trinajstić information content (AvgIpc) is 2.65. The van der Waals surface area contributed by atoms with Crippen molar-refractivity contribution in [2.45, 2.75) is 46.1 Å². The van der Waals surface area contributed by atoms with Gasteiger partial charge < -0.3 is 9.64 Å². The number of nitrogens with zero attached hydrogens (tertiary/aromatic N) is 3. The summed E-state index contributed by atoms with van der Waals surface area (Å²) in [6.45, 7) is 8.26. The van der Waals surface area contributed by atoms with E-state index in [4.69, 9.17) is 4.74 Å². The van der Waals surface area contributed by atoms with Crippen LogP contribution in [-0.2, 0) is 23.0 Å². The second-order valence-electron chi connectivity index (χ2n) is 7.01. The summed E-state index contributed by atoms with van der Waals surface area (Å²) < 4.78 is 8.13. The maximum Gasteiger partial charge on any atom is 0.410 e. The standard InChI is InChI=1S/C16H24BrN3O3/c1-10-14(17)12(19(5)18-10)8-11-9-20(7-6-13(11)21)15(22)23-16(2,3)4/h11H,6-9H2,1-5H3. The molecule has 0 aromatic carbocycles. The maximum atomic E-state index is 12.3. The Morgan fingerprint density at radius 2 is 2.09 bits per heavy atom. The molecule has 1 amide bonds. The smallest absolute Gasteiger partial charge is 0.410 e. The van der Waals surface area contributed by atoms with Gasteiger partial charge in [0.25, 0.3) is 0 Å². The van der Waals surface area contributed by atoms with E-state index in [0.717, 1.165) is 15.9 Å². The Bertz CT molecular complexity index is 619. The number of ether oxygens (including phenoxy) is 1. The van der Waals surface area contributed by atoms with Crippen molar-refractivity contribution in [3.63, 3.8) is 0 Å². The van der Waals surface area contributed by atoms with Crippen LogP contribution < -0.4 is 0 Å². The van der Waals surface area contributed by atoms with Gasteiger partial charge in [-0.1, -0.05) is 0 Å². The molecule has 6 nitrogen and oxygen atoms in total. The third kappa shape index (κ3) is 4.34. The molecule has 1 unspecified atom stereocenters. The van der Waals surface area contributed by atoms with E-state index in [1.165, 1.54) is 0 Å². The number of carbonyl (C=O) groups is 2. The molecule has 1 aromatic heterocycles. The predicted molar refractivity (Wildman–Crippen MR) is 90.3 cm³/mol. The lowest BCUT2D eigenvalue weighted by molar-refractivity contribution is -0.126. The van der Waals surface area contributed by atoms with Gasteiger partial charge in [0.1, 0.15) is 11.4 Å². The molecule has 128 valence electrons. The van der Waals surface area contributed by atoms with Crippen LogP contribution in [-0.4, -0.2) is 45.2 Å². The number of aromatic nitrogens is 2. The normalized spacial score (nSPS) is 19.1. The highest BCUT2D eigenvalue weighted by Gasteiger charge is 2.33. The minimum Gasteiger partial charge on any atom is -0.444 e. The fourth-order valence-electron chi connectivity index (χ4n) is 2.71. The molecule has 2 rings (SSSR count). The summed E-state index contributed by atoms with van der Waals surface area (Å²) in [5.74, 6) is -0.0297. The highest BCUT2D eigenvalue weighted by Crippen LogP contribution is 2.26. The van der Waals surface area contributed by atoms with E-state index in [0.29, 0.717) is 25.9 Å². The molecule has 1 aliphatic rings. The fourth-order valence-corrected chi connectivity index (χ4v) is 3.21. The summed E-state index contributed by atoms with van der Waals surface area (Å²) in [6.07, 6.45) is 0.587. The van der Waals surface area contributed by atoms with E-state index >= 15 is 0 Å². The highest BCUT2D eigenvalue weighted by atomic mass is 79.9. The number of piperidine rings is 1. The van der Waals surface area contributed by atoms with Gasteiger partial charge in [0.15, 0.2) is 0 Å². The first-order valence-electron chi connectivity index (χ1n) is 7.77. The molecule has 1 fully saturated rings. The van der Waals surface area contributed by atoms with Crippen LogP contribution in [0.25, 0.3) is 0 Å². The summed E-state index contributed by atoms with van der Waals surface area (Å²) >= 11 is 3.53. The zero-order chi connectivity index (χ0) is 17.4. The molecular weight excluding hydrogens is 362 g/mol. The quantitative estimate of drug-likeness (QED) is 0.784. The molecule has 0 N–H and O–H groups in total. The van der Waals surface area contributed by atoms with Crippen LogP contribution in [0.2, 0.25) is 0 Å². The first-order valence-corrected chi connectivity index (χ1v) is 8.56. The summed E-state index contributed by atoms with van der Waals surface area (Å²) in [5, 5.41) is 4.36. The Balaban J connectivity index is 2.09. The Morgan fingerprint density at radius 3 is 2.61 bits per heavy atom. The second-order valence-corrected chi connectivity index (χ2v) is 7.81. The average molecular weight is 386 g/mol. The van der Waals surface area contributed by atoms with Crippen molar-refractivity contribution in [2.75, 3.05) is 13.1 Å². The Morgan fingerprint density at radius 1 is 1.43 bits per heavy atom. The van der Waals surface area contributed by atoms with E-state index in [1.54, 1.807) is 9.58 Å². The third-order valence-corrected chi connectivity index (χ3v) is 4.91. The van der Waals surface area contributed by atoms with E-state index in [-0.39, 0.29) is 17.8 Å². The number of rotatable bonds is 2. The Labute approximate surface area is 145 Å². The maximum absolute atomic E-state index is 12.3. The van der Waals surface area contributed by atoms with Crippen LogP contribution in [0.3, 0.4) is 0 Å². The largest absolute Gasteiger partial charge is 0.444 e. The minimum atomic E-state index is -0.532. The van der Waals surface area contributed by atoms with Gasteiger partial charge in [-0.15, -0.1) is 0 Å². The van der Waals surface area contributed by atoms with E-state index < -0.39 is 5.60 Å². The van der Waals surface area contributed by atoms with Crippen molar-refractivity contribution in [2.24, 2.45) is 13.0 Å². The lowest BCUT2D eigenvalue weighted by Crippen LogP contribution is -2.46. The fraction of sp³-hybridized carbons (Fsp3) is 0.688. The number of carbonyl (C=O) groups excluding carboxylic acids is 2. The number of ketones is 1. The van der Waals surface area contributed by atoms with Crippen molar-refractivity contribution < 1.29 is 14.3 Å². The molecule has 7 heteroatoms. The molecular formula is C16H24BrN3O3. The van der Waals surface area contributed by atoms with E-state index in [1.807, 2.05) is 34.7 Å². The topological polar surface area (TPSA) is 64.4 Å². The number of amides is 1. The Kier molecular flexibility index (Phi) is 5.18. The number of Topliss-reactive ketones (excluding diaryl/α,β-unsaturated/α-hetero) is 1.